The van der Waals surface area contributed by atoms with Crippen LogP contribution >= 0.6 is 11.3 Å². The second kappa shape index (κ2) is 12.6. The Bertz CT molecular complexity index is 2190. The first-order valence-corrected chi connectivity index (χ1v) is 15.1. The first-order valence-electron chi connectivity index (χ1n) is 14.3. The van der Waals surface area contributed by atoms with Crippen LogP contribution in [0.25, 0.3) is 31.4 Å². The summed E-state index contributed by atoms with van der Waals surface area (Å²) in [7, 11) is 0. The maximum absolute atomic E-state index is 4.41. The third-order valence-corrected chi connectivity index (χ3v) is 8.86. The Balaban J connectivity index is 0.000000183. The molecule has 3 heterocycles. The number of benzene rings is 5. The summed E-state index contributed by atoms with van der Waals surface area (Å²) in [6.07, 6.45) is 1.92. The smallest absolute Gasteiger partial charge is 0.304 e. The number of hydrogen-bond acceptors (Lipinski definition) is 2. The van der Waals surface area contributed by atoms with Gasteiger partial charge in [-0.05, 0) is 35.7 Å². The van der Waals surface area contributed by atoms with Gasteiger partial charge in [-0.3, -0.25) is 0 Å². The fourth-order valence-corrected chi connectivity index (χ4v) is 6.34. The number of aryl methyl sites for hydroxylation is 3. The summed E-state index contributed by atoms with van der Waals surface area (Å²) in [5.74, 6) is 0. The molecule has 0 saturated carbocycles. The topological polar surface area (TPSA) is 18.9 Å². The molecule has 0 spiro atoms. The van der Waals surface area contributed by atoms with Crippen LogP contribution in [0.1, 0.15) is 16.7 Å². The van der Waals surface area contributed by atoms with Crippen LogP contribution in [-0.2, 0) is 20.1 Å². The van der Waals surface area contributed by atoms with Crippen molar-refractivity contribution in [3.8, 4) is 11.3 Å². The Kier molecular flexibility index (Phi) is 8.48. The molecule has 0 amide bonds. The quantitative estimate of drug-likeness (QED) is 0.130. The second-order valence-electron chi connectivity index (χ2n) is 10.7. The number of thiophene rings is 1. The zero-order valence-corrected chi connectivity index (χ0v) is 27.8. The zero-order chi connectivity index (χ0) is 29.3. The first kappa shape index (κ1) is 29.6. The minimum absolute atomic E-state index is 0. The molecule has 1 aliphatic rings. The van der Waals surface area contributed by atoms with E-state index in [0.717, 1.165) is 34.0 Å². The van der Waals surface area contributed by atoms with E-state index in [2.05, 4.69) is 156 Å². The molecule has 1 aliphatic heterocycles. The van der Waals surface area contributed by atoms with Crippen molar-refractivity contribution in [2.45, 2.75) is 20.8 Å². The van der Waals surface area contributed by atoms with Crippen molar-refractivity contribution in [1.82, 2.24) is 14.1 Å². The van der Waals surface area contributed by atoms with Gasteiger partial charge < -0.3 is 4.98 Å². The fraction of sp³-hybridized carbons (Fsp3) is 0.0769. The molecular formula is C39H29IrN3S. The van der Waals surface area contributed by atoms with E-state index >= 15 is 0 Å². The van der Waals surface area contributed by atoms with Gasteiger partial charge in [-0.25, -0.2) is 0 Å². The zero-order valence-electron chi connectivity index (χ0n) is 24.6. The monoisotopic (exact) mass is 764 g/mol. The standard InChI is InChI=1S/C25H15N2S.C14H14N.Ir/c1-2-8-18(9-3-1)26-17-27(23-12-6-5-11-22(23)26)19-14-15-21-20-10-4-7-13-24(20)28-25(21)16-19;1-10-4-6-13(7-5-10)14-8-11(2)12(3)9-15-14;/h1-13,15-16H;4-6,8-9H,1-3H3;/q+1;-1;. The van der Waals surface area contributed by atoms with Crippen molar-refractivity contribution >= 4 is 60.3 Å². The molecule has 0 N–H and O–H groups in total. The SMILES string of the molecule is C1=[N+](c2[c-]cc3c(c2)sc2ccccc23)c2ccccc2[N+]=1c1ccccc1.Cc1c[c-]c(-c2cc(C)c(C)cn2)cc1.[Ir]. The first-order chi connectivity index (χ1) is 21.0. The predicted molar refractivity (Wildman–Crippen MR) is 182 cm³/mol. The summed E-state index contributed by atoms with van der Waals surface area (Å²) in [5, 5.41) is 2.56. The van der Waals surface area contributed by atoms with Gasteiger partial charge >= 0.3 is 6.01 Å². The van der Waals surface area contributed by atoms with E-state index in [9.17, 15) is 0 Å². The van der Waals surface area contributed by atoms with E-state index in [1.807, 2.05) is 29.7 Å². The molecule has 0 unspecified atom stereocenters. The third-order valence-electron chi connectivity index (χ3n) is 7.73. The predicted octanol–water partition coefficient (Wildman–Crippen LogP) is 10.2. The molecule has 215 valence electrons. The molecule has 0 bridgehead atoms. The number of hydrogen-bond donors (Lipinski definition) is 0. The molecule has 2 aromatic heterocycles. The van der Waals surface area contributed by atoms with Gasteiger partial charge in [0.25, 0.3) is 11.4 Å². The van der Waals surface area contributed by atoms with Crippen LogP contribution in [0.5, 0.6) is 0 Å². The van der Waals surface area contributed by atoms with Gasteiger partial charge in [0.15, 0.2) is 0 Å². The summed E-state index contributed by atoms with van der Waals surface area (Å²) < 4.78 is 6.79. The average molecular weight is 764 g/mol. The van der Waals surface area contributed by atoms with Crippen LogP contribution in [0, 0.1) is 32.9 Å². The van der Waals surface area contributed by atoms with E-state index in [1.54, 1.807) is 0 Å². The maximum atomic E-state index is 4.41. The van der Waals surface area contributed by atoms with Crippen LogP contribution in [0.3, 0.4) is 0 Å². The summed E-state index contributed by atoms with van der Waals surface area (Å²) >= 11 is 1.83. The van der Waals surface area contributed by atoms with E-state index in [4.69, 9.17) is 0 Å². The fourth-order valence-electron chi connectivity index (χ4n) is 5.22. The molecule has 5 heteroatoms. The molecular weight excluding hydrogens is 735 g/mol. The number of aromatic nitrogens is 1. The van der Waals surface area contributed by atoms with Crippen LogP contribution in [-0.4, -0.2) is 11.0 Å². The number of para-hydroxylation sites is 3. The molecule has 5 aromatic carbocycles. The summed E-state index contributed by atoms with van der Waals surface area (Å²) in [4.78, 5) is 4.41. The van der Waals surface area contributed by atoms with Crippen molar-refractivity contribution < 1.29 is 20.1 Å². The Morgan fingerprint density at radius 1 is 0.659 bits per heavy atom. The van der Waals surface area contributed by atoms with Crippen molar-refractivity contribution in [3.05, 3.63) is 150 Å². The Labute approximate surface area is 275 Å². The molecule has 0 aliphatic carbocycles. The van der Waals surface area contributed by atoms with E-state index in [-0.39, 0.29) is 20.1 Å². The molecule has 44 heavy (non-hydrogen) atoms. The molecule has 7 aromatic rings. The van der Waals surface area contributed by atoms with E-state index in [0.29, 0.717) is 0 Å². The van der Waals surface area contributed by atoms with Gasteiger partial charge in [-0.15, -0.1) is 46.8 Å². The third kappa shape index (κ3) is 5.71. The van der Waals surface area contributed by atoms with E-state index < -0.39 is 0 Å². The normalized spacial score (nSPS) is 11.7. The number of nitrogens with zero attached hydrogens (tertiary/aromatic N) is 3. The maximum Gasteiger partial charge on any atom is 0.501 e. The van der Waals surface area contributed by atoms with Gasteiger partial charge in [-0.2, -0.15) is 17.4 Å². The Morgan fingerprint density at radius 3 is 2.14 bits per heavy atom. The summed E-state index contributed by atoms with van der Waals surface area (Å²) in [5.41, 5.74) is 10.1. The van der Waals surface area contributed by atoms with Crippen molar-refractivity contribution in [1.29, 1.82) is 0 Å². The molecule has 3 nitrogen and oxygen atoms in total. The van der Waals surface area contributed by atoms with Gasteiger partial charge in [0.2, 0.25) is 5.69 Å². The molecule has 0 saturated heterocycles. The van der Waals surface area contributed by atoms with E-state index in [1.165, 1.54) is 36.9 Å². The van der Waals surface area contributed by atoms with Gasteiger partial charge in [0, 0.05) is 55.3 Å². The van der Waals surface area contributed by atoms with Gasteiger partial charge in [0.05, 0.1) is 0 Å². The van der Waals surface area contributed by atoms with Crippen LogP contribution in [0.2, 0.25) is 0 Å². The average Bonchev–Trinajstić information content (AvgIpc) is 3.62. The molecule has 1 radical (unpaired) electrons. The minimum Gasteiger partial charge on any atom is -0.304 e. The van der Waals surface area contributed by atoms with Crippen molar-refractivity contribution in [2.75, 3.05) is 0 Å². The van der Waals surface area contributed by atoms with Crippen LogP contribution in [0.4, 0.5) is 22.7 Å². The van der Waals surface area contributed by atoms with Gasteiger partial charge in [0.1, 0.15) is 5.69 Å². The second-order valence-corrected chi connectivity index (χ2v) is 11.8. The van der Waals surface area contributed by atoms with Crippen molar-refractivity contribution in [3.63, 3.8) is 0 Å². The largest absolute Gasteiger partial charge is 0.501 e. The van der Waals surface area contributed by atoms with Crippen molar-refractivity contribution in [2.24, 2.45) is 0 Å². The summed E-state index contributed by atoms with van der Waals surface area (Å²) in [6.45, 7) is 6.24. The van der Waals surface area contributed by atoms with Crippen LogP contribution < -0.4 is 9.15 Å². The Hall–Kier alpha value is -4.50. The minimum atomic E-state index is 0. The number of rotatable bonds is 3. The molecule has 8 rings (SSSR count). The molecule has 0 fully saturated rings. The number of pyridine rings is 1. The van der Waals surface area contributed by atoms with Gasteiger partial charge in [-0.1, -0.05) is 87.8 Å². The van der Waals surface area contributed by atoms with Crippen LogP contribution in [0.15, 0.2) is 121 Å². The number of fused-ring (bicyclic) bond motifs is 4. The molecule has 0 atom stereocenters. The Morgan fingerprint density at radius 2 is 1.39 bits per heavy atom. The summed E-state index contributed by atoms with van der Waals surface area (Å²) in [6, 6.07) is 50.1.